The van der Waals surface area contributed by atoms with Crippen LogP contribution in [0.4, 0.5) is 5.82 Å². The fraction of sp³-hybridized carbons (Fsp3) is 0.316. The Morgan fingerprint density at radius 3 is 2.63 bits per heavy atom. The fourth-order valence-corrected chi connectivity index (χ4v) is 3.62. The molecule has 0 radical (unpaired) electrons. The minimum atomic E-state index is -0.604. The molecular weight excluding hydrogens is 348 g/mol. The van der Waals surface area contributed by atoms with Gasteiger partial charge in [-0.2, -0.15) is 0 Å². The van der Waals surface area contributed by atoms with Crippen LogP contribution >= 0.6 is 0 Å². The fourth-order valence-electron chi connectivity index (χ4n) is 3.62. The maximum absolute atomic E-state index is 12.8. The molecule has 27 heavy (non-hydrogen) atoms. The number of rotatable bonds is 3. The Labute approximate surface area is 154 Å². The number of H-pyrrole nitrogens is 2. The van der Waals surface area contributed by atoms with Crippen LogP contribution in [0.2, 0.25) is 0 Å². The number of fused-ring (bicyclic) bond motifs is 2. The van der Waals surface area contributed by atoms with E-state index in [1.54, 1.807) is 30.0 Å². The first-order chi connectivity index (χ1) is 12.9. The SMILES string of the molecule is COc1ccc2cc([C@H]3CC(=O)Nc4c3c(=O)[nH]n4C(C)C)c(=O)[nH]c2c1. The topological polar surface area (TPSA) is 109 Å². The molecule has 140 valence electrons. The normalized spacial score (nSPS) is 16.4. The predicted molar refractivity (Wildman–Crippen MR) is 102 cm³/mol. The van der Waals surface area contributed by atoms with Gasteiger partial charge in [-0.1, -0.05) is 0 Å². The number of methoxy groups -OCH3 is 1. The molecule has 1 amide bonds. The summed E-state index contributed by atoms with van der Waals surface area (Å²) < 4.78 is 6.81. The summed E-state index contributed by atoms with van der Waals surface area (Å²) in [6.07, 6.45) is 0.0446. The van der Waals surface area contributed by atoms with Crippen molar-refractivity contribution in [3.8, 4) is 5.75 Å². The molecule has 1 aliphatic rings. The van der Waals surface area contributed by atoms with Gasteiger partial charge in [-0.05, 0) is 37.4 Å². The first-order valence-electron chi connectivity index (χ1n) is 8.74. The Kier molecular flexibility index (Phi) is 3.91. The lowest BCUT2D eigenvalue weighted by molar-refractivity contribution is -0.116. The highest BCUT2D eigenvalue weighted by Gasteiger charge is 2.34. The van der Waals surface area contributed by atoms with Crippen LogP contribution in [0.5, 0.6) is 5.75 Å². The number of carbonyl (C=O) groups is 1. The minimum Gasteiger partial charge on any atom is -0.497 e. The second-order valence-electron chi connectivity index (χ2n) is 6.98. The third kappa shape index (κ3) is 2.73. The van der Waals surface area contributed by atoms with Crippen molar-refractivity contribution in [1.82, 2.24) is 14.8 Å². The Hall–Kier alpha value is -3.29. The van der Waals surface area contributed by atoms with Crippen molar-refractivity contribution in [2.24, 2.45) is 0 Å². The van der Waals surface area contributed by atoms with E-state index in [0.717, 1.165) is 5.39 Å². The van der Waals surface area contributed by atoms with Crippen molar-refractivity contribution in [3.63, 3.8) is 0 Å². The summed E-state index contributed by atoms with van der Waals surface area (Å²) in [5, 5.41) is 6.33. The van der Waals surface area contributed by atoms with E-state index in [9.17, 15) is 14.4 Å². The summed E-state index contributed by atoms with van der Waals surface area (Å²) in [6, 6.07) is 7.07. The van der Waals surface area contributed by atoms with Crippen LogP contribution < -0.4 is 21.2 Å². The molecule has 0 aliphatic carbocycles. The summed E-state index contributed by atoms with van der Waals surface area (Å²) in [6.45, 7) is 3.81. The molecule has 3 N–H and O–H groups in total. The van der Waals surface area contributed by atoms with Gasteiger partial charge < -0.3 is 15.0 Å². The standard InChI is InChI=1S/C19H20N4O4/c1-9(2)23-17-16(19(26)22-23)12(8-15(24)21-17)13-6-10-4-5-11(27-3)7-14(10)20-18(13)25/h4-7,9,12H,8H2,1-3H3,(H,20,25)(H,21,24)(H,22,26)/t12-/m1/s1. The molecule has 3 aromatic rings. The average molecular weight is 368 g/mol. The number of ether oxygens (including phenoxy) is 1. The highest BCUT2D eigenvalue weighted by atomic mass is 16.5. The van der Waals surface area contributed by atoms with Crippen LogP contribution in [0.15, 0.2) is 33.9 Å². The van der Waals surface area contributed by atoms with Gasteiger partial charge in [-0.25, -0.2) is 0 Å². The van der Waals surface area contributed by atoms with Gasteiger partial charge in [-0.15, -0.1) is 0 Å². The van der Waals surface area contributed by atoms with Crippen LogP contribution in [0.1, 0.15) is 43.4 Å². The molecule has 0 bridgehead atoms. The number of hydrogen-bond acceptors (Lipinski definition) is 4. The summed E-state index contributed by atoms with van der Waals surface area (Å²) in [4.78, 5) is 40.5. The zero-order valence-electron chi connectivity index (χ0n) is 15.3. The average Bonchev–Trinajstić information content (AvgIpc) is 2.96. The number of hydrogen-bond donors (Lipinski definition) is 3. The van der Waals surface area contributed by atoms with Gasteiger partial charge in [0, 0.05) is 30.0 Å². The maximum atomic E-state index is 12.8. The molecule has 8 nitrogen and oxygen atoms in total. The number of amides is 1. The third-order valence-electron chi connectivity index (χ3n) is 4.93. The molecule has 2 aromatic heterocycles. The van der Waals surface area contributed by atoms with E-state index >= 15 is 0 Å². The Morgan fingerprint density at radius 1 is 1.15 bits per heavy atom. The molecule has 8 heteroatoms. The molecule has 1 aliphatic heterocycles. The van der Waals surface area contributed by atoms with E-state index in [1.807, 2.05) is 19.9 Å². The number of nitrogens with zero attached hydrogens (tertiary/aromatic N) is 1. The molecule has 0 saturated carbocycles. The highest BCUT2D eigenvalue weighted by molar-refractivity contribution is 5.94. The van der Waals surface area contributed by atoms with Crippen LogP contribution in [0, 0.1) is 0 Å². The predicted octanol–water partition coefficient (Wildman–Crippen LogP) is 2.08. The molecule has 0 spiro atoms. The van der Waals surface area contributed by atoms with Gasteiger partial charge in [0.05, 0.1) is 18.2 Å². The molecule has 0 unspecified atom stereocenters. The molecule has 4 rings (SSSR count). The number of benzene rings is 1. The summed E-state index contributed by atoms with van der Waals surface area (Å²) >= 11 is 0. The van der Waals surface area contributed by atoms with Crippen molar-refractivity contribution in [1.29, 1.82) is 0 Å². The van der Waals surface area contributed by atoms with E-state index < -0.39 is 5.92 Å². The van der Waals surface area contributed by atoms with E-state index in [-0.39, 0.29) is 29.5 Å². The smallest absolute Gasteiger partial charge is 0.270 e. The minimum absolute atomic E-state index is 0.0390. The molecular formula is C19H20N4O4. The number of aromatic amines is 2. The second-order valence-corrected chi connectivity index (χ2v) is 6.98. The number of anilines is 1. The van der Waals surface area contributed by atoms with E-state index in [0.29, 0.717) is 28.2 Å². The third-order valence-corrected chi connectivity index (χ3v) is 4.93. The van der Waals surface area contributed by atoms with Crippen molar-refractivity contribution in [2.75, 3.05) is 12.4 Å². The van der Waals surface area contributed by atoms with Crippen molar-refractivity contribution in [2.45, 2.75) is 32.2 Å². The van der Waals surface area contributed by atoms with Gasteiger partial charge in [0.1, 0.15) is 11.6 Å². The first kappa shape index (κ1) is 17.1. The molecule has 0 fully saturated rings. The number of aromatic nitrogens is 3. The zero-order valence-corrected chi connectivity index (χ0v) is 15.3. The second kappa shape index (κ2) is 6.15. The molecule has 1 aromatic carbocycles. The van der Waals surface area contributed by atoms with Crippen LogP contribution in [0.25, 0.3) is 10.9 Å². The molecule has 1 atom stereocenters. The summed E-state index contributed by atoms with van der Waals surface area (Å²) in [7, 11) is 1.56. The van der Waals surface area contributed by atoms with Crippen LogP contribution in [-0.2, 0) is 4.79 Å². The van der Waals surface area contributed by atoms with Gasteiger partial charge >= 0.3 is 0 Å². The Bertz CT molecular complexity index is 1170. The number of nitrogens with one attached hydrogen (secondary N) is 3. The quantitative estimate of drug-likeness (QED) is 0.657. The van der Waals surface area contributed by atoms with Crippen molar-refractivity contribution >= 4 is 22.6 Å². The van der Waals surface area contributed by atoms with E-state index in [4.69, 9.17) is 4.74 Å². The van der Waals surface area contributed by atoms with Crippen molar-refractivity contribution in [3.05, 3.63) is 56.1 Å². The monoisotopic (exact) mass is 368 g/mol. The van der Waals surface area contributed by atoms with Gasteiger partial charge in [0.15, 0.2) is 0 Å². The van der Waals surface area contributed by atoms with Crippen LogP contribution in [0.3, 0.4) is 0 Å². The largest absolute Gasteiger partial charge is 0.497 e. The number of carbonyl (C=O) groups excluding carboxylic acids is 1. The van der Waals surface area contributed by atoms with Gasteiger partial charge in [-0.3, -0.25) is 24.2 Å². The summed E-state index contributed by atoms with van der Waals surface area (Å²) in [5.41, 5.74) is 0.839. The lowest BCUT2D eigenvalue weighted by atomic mass is 9.87. The summed E-state index contributed by atoms with van der Waals surface area (Å²) in [5.74, 6) is 0.240. The molecule has 0 saturated heterocycles. The highest BCUT2D eigenvalue weighted by Crippen LogP contribution is 2.35. The Morgan fingerprint density at radius 2 is 1.93 bits per heavy atom. The maximum Gasteiger partial charge on any atom is 0.270 e. The molecule has 3 heterocycles. The number of pyridine rings is 1. The zero-order chi connectivity index (χ0) is 19.3. The van der Waals surface area contributed by atoms with E-state index in [1.165, 1.54) is 0 Å². The van der Waals surface area contributed by atoms with Gasteiger partial charge in [0.25, 0.3) is 11.1 Å². The lowest BCUT2D eigenvalue weighted by Crippen LogP contribution is -2.30. The Balaban J connectivity index is 1.92. The van der Waals surface area contributed by atoms with E-state index in [2.05, 4.69) is 15.4 Å². The van der Waals surface area contributed by atoms with Gasteiger partial charge in [0.2, 0.25) is 5.91 Å². The lowest BCUT2D eigenvalue weighted by Gasteiger charge is -2.23. The first-order valence-corrected chi connectivity index (χ1v) is 8.74. The van der Waals surface area contributed by atoms with Crippen molar-refractivity contribution < 1.29 is 9.53 Å². The van der Waals surface area contributed by atoms with Crippen LogP contribution in [-0.4, -0.2) is 27.8 Å².